The van der Waals surface area contributed by atoms with E-state index in [4.69, 9.17) is 0 Å². The molecule has 3 nitrogen and oxygen atoms in total. The second-order valence-electron chi connectivity index (χ2n) is 3.39. The Labute approximate surface area is 110 Å². The highest BCUT2D eigenvalue weighted by molar-refractivity contribution is 9.11. The van der Waals surface area contributed by atoms with E-state index in [1.54, 1.807) is 25.3 Å². The predicted octanol–water partition coefficient (Wildman–Crippen LogP) is 3.61. The van der Waals surface area contributed by atoms with E-state index in [0.717, 1.165) is 3.79 Å². The highest BCUT2D eigenvalue weighted by atomic mass is 79.9. The summed E-state index contributed by atoms with van der Waals surface area (Å²) in [4.78, 5) is 15.7. The molecule has 17 heavy (non-hydrogen) atoms. The van der Waals surface area contributed by atoms with Crippen LogP contribution in [0.1, 0.15) is 15.9 Å². The van der Waals surface area contributed by atoms with Crippen molar-refractivity contribution in [1.82, 2.24) is 4.98 Å². The number of anilines is 1. The number of hydrogen-bond acceptors (Lipinski definition) is 3. The van der Waals surface area contributed by atoms with Gasteiger partial charge in [0.05, 0.1) is 9.98 Å². The van der Waals surface area contributed by atoms with Crippen LogP contribution < -0.4 is 5.32 Å². The Balaban J connectivity index is 2.17. The van der Waals surface area contributed by atoms with Crippen LogP contribution in [-0.4, -0.2) is 10.9 Å². The fourth-order valence-corrected chi connectivity index (χ4v) is 2.32. The number of aryl methyl sites for hydroxylation is 1. The monoisotopic (exact) mass is 314 g/mol. The standard InChI is InChI=1S/C11H8BrFN2OS/c1-6-2-3-7(4-8(6)13)10(16)15-11-14-5-9(12)17-11/h2-5H,1H3,(H,14,15,16). The van der Waals surface area contributed by atoms with E-state index in [1.165, 1.54) is 17.4 Å². The van der Waals surface area contributed by atoms with Crippen molar-refractivity contribution in [3.63, 3.8) is 0 Å². The predicted molar refractivity (Wildman–Crippen MR) is 68.9 cm³/mol. The first kappa shape index (κ1) is 12.2. The van der Waals surface area contributed by atoms with Crippen LogP contribution in [0.4, 0.5) is 9.52 Å². The minimum Gasteiger partial charge on any atom is -0.298 e. The molecule has 0 saturated carbocycles. The topological polar surface area (TPSA) is 42.0 Å². The Bertz CT molecular complexity index is 570. The van der Waals surface area contributed by atoms with Gasteiger partial charge in [-0.15, -0.1) is 0 Å². The average molecular weight is 315 g/mol. The van der Waals surface area contributed by atoms with Gasteiger partial charge in [-0.25, -0.2) is 9.37 Å². The van der Waals surface area contributed by atoms with Crippen LogP contribution in [0.25, 0.3) is 0 Å². The maximum atomic E-state index is 13.3. The molecule has 88 valence electrons. The molecule has 0 atom stereocenters. The SMILES string of the molecule is Cc1ccc(C(=O)Nc2ncc(Br)s2)cc1F. The van der Waals surface area contributed by atoms with Crippen LogP contribution in [-0.2, 0) is 0 Å². The van der Waals surface area contributed by atoms with Crippen molar-refractivity contribution >= 4 is 38.3 Å². The number of rotatable bonds is 2. The number of benzene rings is 1. The van der Waals surface area contributed by atoms with Crippen molar-refractivity contribution in [2.24, 2.45) is 0 Å². The second kappa shape index (κ2) is 4.93. The van der Waals surface area contributed by atoms with Crippen LogP contribution in [0.2, 0.25) is 0 Å². The molecule has 0 spiro atoms. The van der Waals surface area contributed by atoms with Gasteiger partial charge in [-0.2, -0.15) is 0 Å². The third kappa shape index (κ3) is 2.89. The number of nitrogens with one attached hydrogen (secondary N) is 1. The number of carbonyl (C=O) groups excluding carboxylic acids is 1. The minimum atomic E-state index is -0.391. The molecule has 1 aromatic carbocycles. The van der Waals surface area contributed by atoms with Gasteiger partial charge in [0.1, 0.15) is 5.82 Å². The Kier molecular flexibility index (Phi) is 3.54. The van der Waals surface area contributed by atoms with Gasteiger partial charge in [0.2, 0.25) is 0 Å². The molecule has 0 aliphatic rings. The van der Waals surface area contributed by atoms with Gasteiger partial charge in [-0.05, 0) is 40.5 Å². The molecule has 1 aromatic heterocycles. The lowest BCUT2D eigenvalue weighted by molar-refractivity contribution is 0.102. The van der Waals surface area contributed by atoms with Gasteiger partial charge in [0.25, 0.3) is 5.91 Å². The zero-order valence-electron chi connectivity index (χ0n) is 8.83. The van der Waals surface area contributed by atoms with E-state index < -0.39 is 5.82 Å². The zero-order chi connectivity index (χ0) is 12.4. The van der Waals surface area contributed by atoms with Crippen LogP contribution in [0.5, 0.6) is 0 Å². The summed E-state index contributed by atoms with van der Waals surface area (Å²) in [5.41, 5.74) is 0.790. The Morgan fingerprint density at radius 3 is 2.88 bits per heavy atom. The zero-order valence-corrected chi connectivity index (χ0v) is 11.2. The maximum Gasteiger partial charge on any atom is 0.257 e. The second-order valence-corrected chi connectivity index (χ2v) is 5.80. The van der Waals surface area contributed by atoms with Crippen molar-refractivity contribution < 1.29 is 9.18 Å². The van der Waals surface area contributed by atoms with Crippen molar-refractivity contribution in [1.29, 1.82) is 0 Å². The van der Waals surface area contributed by atoms with Gasteiger partial charge >= 0.3 is 0 Å². The summed E-state index contributed by atoms with van der Waals surface area (Å²) in [6.07, 6.45) is 1.59. The highest BCUT2D eigenvalue weighted by Crippen LogP contribution is 2.23. The number of aromatic nitrogens is 1. The normalized spacial score (nSPS) is 10.3. The number of hydrogen-bond donors (Lipinski definition) is 1. The molecule has 2 rings (SSSR count). The van der Waals surface area contributed by atoms with Gasteiger partial charge in [0, 0.05) is 5.56 Å². The van der Waals surface area contributed by atoms with Crippen molar-refractivity contribution in [3.8, 4) is 0 Å². The summed E-state index contributed by atoms with van der Waals surface area (Å²) in [6, 6.07) is 4.37. The quantitative estimate of drug-likeness (QED) is 0.920. The van der Waals surface area contributed by atoms with Crippen LogP contribution in [0.15, 0.2) is 28.2 Å². The number of nitrogens with zero attached hydrogens (tertiary/aromatic N) is 1. The first-order chi connectivity index (χ1) is 8.06. The molecular weight excluding hydrogens is 307 g/mol. The highest BCUT2D eigenvalue weighted by Gasteiger charge is 2.10. The van der Waals surface area contributed by atoms with Crippen LogP contribution in [0, 0.1) is 12.7 Å². The molecule has 0 aliphatic heterocycles. The van der Waals surface area contributed by atoms with Crippen LogP contribution in [0.3, 0.4) is 0 Å². The molecule has 1 amide bonds. The summed E-state index contributed by atoms with van der Waals surface area (Å²) in [7, 11) is 0. The molecule has 1 N–H and O–H groups in total. The summed E-state index contributed by atoms with van der Waals surface area (Å²) in [5, 5.41) is 3.07. The van der Waals surface area contributed by atoms with Gasteiger partial charge in [0.15, 0.2) is 5.13 Å². The molecule has 6 heteroatoms. The Hall–Kier alpha value is -1.27. The summed E-state index contributed by atoms with van der Waals surface area (Å²) < 4.78 is 14.1. The van der Waals surface area contributed by atoms with Gasteiger partial charge in [-0.1, -0.05) is 17.4 Å². The number of carbonyl (C=O) groups is 1. The molecular formula is C11H8BrFN2OS. The first-order valence-electron chi connectivity index (χ1n) is 4.75. The van der Waals surface area contributed by atoms with E-state index in [2.05, 4.69) is 26.2 Å². The van der Waals surface area contributed by atoms with E-state index >= 15 is 0 Å². The lowest BCUT2D eigenvalue weighted by Crippen LogP contribution is -2.12. The van der Waals surface area contributed by atoms with Gasteiger partial charge in [-0.3, -0.25) is 10.1 Å². The third-order valence-electron chi connectivity index (χ3n) is 2.13. The fourth-order valence-electron chi connectivity index (χ4n) is 1.22. The van der Waals surface area contributed by atoms with E-state index in [-0.39, 0.29) is 11.5 Å². The largest absolute Gasteiger partial charge is 0.298 e. The number of thiazole rings is 1. The number of amides is 1. The fraction of sp³-hybridized carbons (Fsp3) is 0.0909. The lowest BCUT2D eigenvalue weighted by Gasteiger charge is -2.02. The van der Waals surface area contributed by atoms with Crippen molar-refractivity contribution in [2.45, 2.75) is 6.92 Å². The summed E-state index contributed by atoms with van der Waals surface area (Å²) in [5.74, 6) is -0.760. The average Bonchev–Trinajstić information content (AvgIpc) is 2.68. The molecule has 0 saturated heterocycles. The molecule has 0 aliphatic carbocycles. The van der Waals surface area contributed by atoms with E-state index in [0.29, 0.717) is 10.7 Å². The van der Waals surface area contributed by atoms with E-state index in [9.17, 15) is 9.18 Å². The third-order valence-corrected chi connectivity index (χ3v) is 3.52. The summed E-state index contributed by atoms with van der Waals surface area (Å²) >= 11 is 4.54. The van der Waals surface area contributed by atoms with Crippen molar-refractivity contribution in [2.75, 3.05) is 5.32 Å². The lowest BCUT2D eigenvalue weighted by atomic mass is 10.1. The van der Waals surface area contributed by atoms with Crippen molar-refractivity contribution in [3.05, 3.63) is 45.1 Å². The Morgan fingerprint density at radius 1 is 1.53 bits per heavy atom. The smallest absolute Gasteiger partial charge is 0.257 e. The molecule has 2 aromatic rings. The van der Waals surface area contributed by atoms with Gasteiger partial charge < -0.3 is 0 Å². The molecule has 0 bridgehead atoms. The Morgan fingerprint density at radius 2 is 2.29 bits per heavy atom. The molecule has 0 radical (unpaired) electrons. The first-order valence-corrected chi connectivity index (χ1v) is 6.36. The minimum absolute atomic E-state index is 0.277. The maximum absolute atomic E-state index is 13.3. The van der Waals surface area contributed by atoms with E-state index in [1.807, 2.05) is 0 Å². The molecule has 0 fully saturated rings. The summed E-state index contributed by atoms with van der Waals surface area (Å²) in [6.45, 7) is 1.65. The molecule has 1 heterocycles. The molecule has 0 unspecified atom stereocenters. The van der Waals surface area contributed by atoms with Crippen LogP contribution >= 0.6 is 27.3 Å². The number of halogens is 2.